The molecule has 1 aromatic carbocycles. The molecule has 3 unspecified atom stereocenters. The summed E-state index contributed by atoms with van der Waals surface area (Å²) in [6.45, 7) is 5.14. The van der Waals surface area contributed by atoms with Gasteiger partial charge >= 0.3 is 5.97 Å². The Balaban J connectivity index is 2.04. The zero-order valence-corrected chi connectivity index (χ0v) is 13.0. The number of hydrogen-bond acceptors (Lipinski definition) is 5. The highest BCUT2D eigenvalue weighted by Gasteiger charge is 2.37. The number of esters is 1. The van der Waals surface area contributed by atoms with Crippen LogP contribution in [0.3, 0.4) is 0 Å². The van der Waals surface area contributed by atoms with Crippen molar-refractivity contribution in [3.63, 3.8) is 0 Å². The van der Waals surface area contributed by atoms with E-state index in [1.807, 2.05) is 25.1 Å². The Morgan fingerprint density at radius 1 is 1.41 bits per heavy atom. The van der Waals surface area contributed by atoms with E-state index in [0.29, 0.717) is 11.3 Å². The van der Waals surface area contributed by atoms with Crippen LogP contribution < -0.4 is 4.74 Å². The Kier molecular flexibility index (Phi) is 4.98. The van der Waals surface area contributed by atoms with Crippen molar-refractivity contribution in [3.05, 3.63) is 42.0 Å². The van der Waals surface area contributed by atoms with Gasteiger partial charge in [0.2, 0.25) is 0 Å². The number of hydrogen-bond donors (Lipinski definition) is 1. The fourth-order valence-corrected chi connectivity index (χ4v) is 2.13. The topological polar surface area (TPSA) is 68.1 Å². The first-order chi connectivity index (χ1) is 10.4. The number of nitrogens with zero attached hydrogens (tertiary/aromatic N) is 1. The molecule has 1 aromatic rings. The maximum atomic E-state index is 12.3. The first-order valence-corrected chi connectivity index (χ1v) is 7.25. The summed E-state index contributed by atoms with van der Waals surface area (Å²) >= 11 is 0. The van der Waals surface area contributed by atoms with E-state index < -0.39 is 17.7 Å². The van der Waals surface area contributed by atoms with Gasteiger partial charge < -0.3 is 14.6 Å². The number of ether oxygens (including phenoxy) is 2. The van der Waals surface area contributed by atoms with Crippen LogP contribution in [0.1, 0.15) is 20.8 Å². The molecule has 5 heteroatoms. The molecule has 0 aliphatic carbocycles. The SMILES string of the molecule is CC(Oc1ccccc1)C(=O)OC1(C)C=C(CO)C=NC1C. The number of carbonyl (C=O) groups is 1. The highest BCUT2D eigenvalue weighted by Crippen LogP contribution is 2.26. The van der Waals surface area contributed by atoms with Gasteiger partial charge in [0.1, 0.15) is 5.75 Å². The molecule has 0 radical (unpaired) electrons. The molecule has 1 heterocycles. The molecule has 2 rings (SSSR count). The van der Waals surface area contributed by atoms with E-state index >= 15 is 0 Å². The summed E-state index contributed by atoms with van der Waals surface area (Å²) < 4.78 is 11.2. The Hall–Kier alpha value is -2.14. The number of rotatable bonds is 5. The van der Waals surface area contributed by atoms with E-state index in [1.165, 1.54) is 0 Å². The summed E-state index contributed by atoms with van der Waals surface area (Å²) in [6, 6.07) is 8.88. The van der Waals surface area contributed by atoms with Gasteiger partial charge in [0.25, 0.3) is 0 Å². The van der Waals surface area contributed by atoms with E-state index in [1.54, 1.807) is 38.3 Å². The number of aliphatic imine (C=N–C) groups is 1. The van der Waals surface area contributed by atoms with Gasteiger partial charge in [-0.05, 0) is 44.6 Å². The molecule has 1 aliphatic heterocycles. The fraction of sp³-hybridized carbons (Fsp3) is 0.412. The second-order valence-electron chi connectivity index (χ2n) is 5.51. The molecule has 0 fully saturated rings. The second kappa shape index (κ2) is 6.75. The standard InChI is InChI=1S/C17H21NO4/c1-12(21-15-7-5-4-6-8-15)16(20)22-17(3)9-14(11-19)10-18-13(17)2/h4-10,12-13,19H,11H2,1-3H3. The van der Waals surface area contributed by atoms with Crippen molar-refractivity contribution in [1.82, 2.24) is 0 Å². The van der Waals surface area contributed by atoms with Gasteiger partial charge in [0, 0.05) is 6.21 Å². The van der Waals surface area contributed by atoms with Crippen LogP contribution in [-0.2, 0) is 9.53 Å². The van der Waals surface area contributed by atoms with Gasteiger partial charge in [-0.25, -0.2) is 4.79 Å². The van der Waals surface area contributed by atoms with Crippen LogP contribution in [0.25, 0.3) is 0 Å². The van der Waals surface area contributed by atoms with Crippen LogP contribution in [0.15, 0.2) is 47.0 Å². The number of aliphatic hydroxyl groups is 1. The van der Waals surface area contributed by atoms with Crippen LogP contribution in [0, 0.1) is 0 Å². The lowest BCUT2D eigenvalue weighted by Gasteiger charge is -2.34. The van der Waals surface area contributed by atoms with E-state index in [-0.39, 0.29) is 12.6 Å². The van der Waals surface area contributed by atoms with Gasteiger partial charge in [-0.15, -0.1) is 0 Å². The summed E-state index contributed by atoms with van der Waals surface area (Å²) in [5, 5.41) is 9.22. The van der Waals surface area contributed by atoms with Crippen molar-refractivity contribution in [2.75, 3.05) is 6.61 Å². The fourth-order valence-electron chi connectivity index (χ4n) is 2.13. The third-order valence-corrected chi connectivity index (χ3v) is 3.66. The molecule has 0 aromatic heterocycles. The molecule has 118 valence electrons. The van der Waals surface area contributed by atoms with Gasteiger partial charge in [0.05, 0.1) is 12.6 Å². The maximum Gasteiger partial charge on any atom is 0.347 e. The van der Waals surface area contributed by atoms with E-state index in [4.69, 9.17) is 9.47 Å². The third kappa shape index (κ3) is 3.74. The maximum absolute atomic E-state index is 12.3. The number of aliphatic hydroxyl groups excluding tert-OH is 1. The molecular formula is C17H21NO4. The molecule has 22 heavy (non-hydrogen) atoms. The van der Waals surface area contributed by atoms with Gasteiger partial charge in [-0.3, -0.25) is 4.99 Å². The summed E-state index contributed by atoms with van der Waals surface area (Å²) in [5.41, 5.74) is -0.261. The first-order valence-electron chi connectivity index (χ1n) is 7.25. The minimum Gasteiger partial charge on any atom is -0.479 e. The van der Waals surface area contributed by atoms with Gasteiger partial charge in [0.15, 0.2) is 11.7 Å². The number of benzene rings is 1. The monoisotopic (exact) mass is 303 g/mol. The molecule has 1 aliphatic rings. The summed E-state index contributed by atoms with van der Waals surface area (Å²) in [5.74, 6) is 0.141. The molecule has 3 atom stereocenters. The average Bonchev–Trinajstić information content (AvgIpc) is 2.51. The van der Waals surface area contributed by atoms with E-state index in [9.17, 15) is 9.90 Å². The van der Waals surface area contributed by atoms with Crippen molar-refractivity contribution >= 4 is 12.2 Å². The molecule has 5 nitrogen and oxygen atoms in total. The molecule has 0 bridgehead atoms. The third-order valence-electron chi connectivity index (χ3n) is 3.66. The Labute approximate surface area is 130 Å². The predicted octanol–water partition coefficient (Wildman–Crippen LogP) is 2.15. The molecule has 1 N–H and O–H groups in total. The van der Waals surface area contributed by atoms with Crippen LogP contribution in [0.5, 0.6) is 5.75 Å². The van der Waals surface area contributed by atoms with Crippen molar-refractivity contribution in [2.45, 2.75) is 38.5 Å². The molecule has 0 saturated heterocycles. The zero-order chi connectivity index (χ0) is 16.2. The van der Waals surface area contributed by atoms with Crippen LogP contribution in [0.4, 0.5) is 0 Å². The molecule has 0 spiro atoms. The van der Waals surface area contributed by atoms with E-state index in [2.05, 4.69) is 4.99 Å². The lowest BCUT2D eigenvalue weighted by atomic mass is 9.92. The molecule has 0 saturated carbocycles. The lowest BCUT2D eigenvalue weighted by molar-refractivity contribution is -0.162. The largest absolute Gasteiger partial charge is 0.479 e. The van der Waals surface area contributed by atoms with Crippen LogP contribution >= 0.6 is 0 Å². The van der Waals surface area contributed by atoms with Gasteiger partial charge in [-0.2, -0.15) is 0 Å². The summed E-state index contributed by atoms with van der Waals surface area (Å²) in [6.07, 6.45) is 2.60. The Morgan fingerprint density at radius 2 is 2.09 bits per heavy atom. The summed E-state index contributed by atoms with van der Waals surface area (Å²) in [7, 11) is 0. The smallest absolute Gasteiger partial charge is 0.347 e. The number of dihydropyridines is 1. The zero-order valence-electron chi connectivity index (χ0n) is 13.0. The predicted molar refractivity (Wildman–Crippen MR) is 84.2 cm³/mol. The second-order valence-corrected chi connectivity index (χ2v) is 5.51. The number of carbonyl (C=O) groups excluding carboxylic acids is 1. The van der Waals surface area contributed by atoms with Crippen LogP contribution in [0.2, 0.25) is 0 Å². The average molecular weight is 303 g/mol. The number of para-hydroxylation sites is 1. The quantitative estimate of drug-likeness (QED) is 0.846. The van der Waals surface area contributed by atoms with Crippen molar-refractivity contribution in [2.24, 2.45) is 4.99 Å². The minimum absolute atomic E-state index is 0.139. The summed E-state index contributed by atoms with van der Waals surface area (Å²) in [4.78, 5) is 16.5. The van der Waals surface area contributed by atoms with Crippen LogP contribution in [-0.4, -0.2) is 41.6 Å². The van der Waals surface area contributed by atoms with Crippen molar-refractivity contribution < 1.29 is 19.4 Å². The van der Waals surface area contributed by atoms with Crippen molar-refractivity contribution in [3.8, 4) is 5.75 Å². The highest BCUT2D eigenvalue weighted by atomic mass is 16.6. The van der Waals surface area contributed by atoms with Gasteiger partial charge in [-0.1, -0.05) is 18.2 Å². The Bertz CT molecular complexity index is 582. The molecule has 0 amide bonds. The first kappa shape index (κ1) is 16.2. The normalized spacial score (nSPS) is 25.3. The Morgan fingerprint density at radius 3 is 2.73 bits per heavy atom. The minimum atomic E-state index is -0.891. The highest BCUT2D eigenvalue weighted by molar-refractivity contribution is 5.81. The van der Waals surface area contributed by atoms with Crippen molar-refractivity contribution in [1.29, 1.82) is 0 Å². The molecular weight excluding hydrogens is 282 g/mol. The van der Waals surface area contributed by atoms with E-state index in [0.717, 1.165) is 0 Å². The lowest BCUT2D eigenvalue weighted by Crippen LogP contribution is -2.44.